The average Bonchev–Trinajstić information content (AvgIpc) is 3.20. The monoisotopic (exact) mass is 463 g/mol. The first kappa shape index (κ1) is 25.7. The van der Waals surface area contributed by atoms with Gasteiger partial charge in [-0.2, -0.15) is 0 Å². The number of likely N-dealkylation sites (tertiary alicyclic amines) is 1. The zero-order valence-corrected chi connectivity index (χ0v) is 19.9. The molecule has 2 rings (SSSR count). The molecule has 176 valence electrons. The Labute approximate surface area is 193 Å². The Kier molecular flexibility index (Phi) is 9.12. The Morgan fingerprint density at radius 1 is 1.22 bits per heavy atom. The molecule has 1 heterocycles. The fourth-order valence-corrected chi connectivity index (χ4v) is 4.11. The average molecular weight is 464 g/mol. The van der Waals surface area contributed by atoms with E-state index < -0.39 is 34.8 Å². The zero-order valence-electron chi connectivity index (χ0n) is 19.1. The smallest absolute Gasteiger partial charge is 0.329 e. The maximum absolute atomic E-state index is 13.1. The van der Waals surface area contributed by atoms with Gasteiger partial charge in [0.1, 0.15) is 17.7 Å². The third-order valence-corrected chi connectivity index (χ3v) is 5.98. The molecule has 3 amide bonds. The number of thioether (sulfide) groups is 1. The van der Waals surface area contributed by atoms with E-state index in [2.05, 4.69) is 5.32 Å². The lowest BCUT2D eigenvalue weighted by atomic mass is 10.0. The molecule has 3 N–H and O–H groups in total. The highest BCUT2D eigenvalue weighted by Crippen LogP contribution is 2.22. The van der Waals surface area contributed by atoms with Crippen LogP contribution >= 0.6 is 11.8 Å². The summed E-state index contributed by atoms with van der Waals surface area (Å²) in [6.45, 7) is 7.49. The Morgan fingerprint density at radius 3 is 2.47 bits per heavy atom. The van der Waals surface area contributed by atoms with Gasteiger partial charge in [-0.25, -0.2) is 4.79 Å². The van der Waals surface area contributed by atoms with Gasteiger partial charge >= 0.3 is 5.97 Å². The number of rotatable bonds is 8. The van der Waals surface area contributed by atoms with Crippen LogP contribution in [0.1, 0.15) is 46.1 Å². The Balaban J connectivity index is 2.11. The summed E-state index contributed by atoms with van der Waals surface area (Å²) in [6.07, 6.45) is 1.49. The molecule has 0 saturated carbocycles. The van der Waals surface area contributed by atoms with Crippen molar-refractivity contribution in [3.63, 3.8) is 0 Å². The number of benzene rings is 1. The van der Waals surface area contributed by atoms with Crippen molar-refractivity contribution in [3.8, 4) is 0 Å². The first-order valence-corrected chi connectivity index (χ1v) is 11.8. The Morgan fingerprint density at radius 2 is 1.88 bits per heavy atom. The van der Waals surface area contributed by atoms with E-state index in [0.29, 0.717) is 19.4 Å². The summed E-state index contributed by atoms with van der Waals surface area (Å²) in [5.74, 6) is -1.29. The van der Waals surface area contributed by atoms with Crippen molar-refractivity contribution in [1.82, 2.24) is 10.2 Å². The number of nitrogens with two attached hydrogens (primary N) is 1. The van der Waals surface area contributed by atoms with Gasteiger partial charge in [-0.1, -0.05) is 49.0 Å². The third-order valence-electron chi connectivity index (χ3n) is 5.03. The van der Waals surface area contributed by atoms with Crippen LogP contribution in [0.2, 0.25) is 0 Å². The van der Waals surface area contributed by atoms with Crippen LogP contribution in [0.15, 0.2) is 30.3 Å². The number of amides is 3. The predicted octanol–water partition coefficient (Wildman–Crippen LogP) is 2.49. The van der Waals surface area contributed by atoms with Gasteiger partial charge in [-0.15, -0.1) is 0 Å². The summed E-state index contributed by atoms with van der Waals surface area (Å²) in [5, 5.41) is 2.28. The van der Waals surface area contributed by atoms with Crippen LogP contribution in [-0.2, 0) is 25.5 Å². The largest absolute Gasteiger partial charge is 0.458 e. The maximum Gasteiger partial charge on any atom is 0.329 e. The molecule has 1 aliphatic rings. The second-order valence-corrected chi connectivity index (χ2v) is 10.0. The minimum absolute atomic E-state index is 0.201. The van der Waals surface area contributed by atoms with Crippen LogP contribution in [-0.4, -0.2) is 57.9 Å². The van der Waals surface area contributed by atoms with Crippen LogP contribution in [0, 0.1) is 5.92 Å². The van der Waals surface area contributed by atoms with E-state index in [9.17, 15) is 19.2 Å². The first-order valence-electron chi connectivity index (χ1n) is 10.8. The van der Waals surface area contributed by atoms with E-state index in [1.54, 1.807) is 27.7 Å². The maximum atomic E-state index is 13.1. The van der Waals surface area contributed by atoms with Crippen molar-refractivity contribution >= 4 is 34.8 Å². The van der Waals surface area contributed by atoms with Gasteiger partial charge in [0.15, 0.2) is 0 Å². The number of carbonyl (C=O) groups is 4. The molecule has 0 aliphatic carbocycles. The third kappa shape index (κ3) is 7.85. The standard InChI is InChI=1S/C23H33N3O5S/c1-15(14-32-22(24)30)20(28)26-12-8-11-18(26)19(27)25-17(21(29)31-23(2,3)4)13-16-9-6-5-7-10-16/h5-7,9-10,15,17-18H,8,11-14H2,1-4H3,(H2,24,30)(H,25,27)/t15-,17?,18+/m1/s1. The molecule has 8 nitrogen and oxygen atoms in total. The SMILES string of the molecule is C[C@H](CSC(N)=O)C(=O)N1CCC[C@H]1C(=O)NC(Cc1ccccc1)C(=O)OC(C)(C)C. The van der Waals surface area contributed by atoms with Gasteiger partial charge in [0, 0.05) is 24.6 Å². The van der Waals surface area contributed by atoms with Crippen molar-refractivity contribution < 1.29 is 23.9 Å². The number of nitrogens with zero attached hydrogens (tertiary/aromatic N) is 1. The van der Waals surface area contributed by atoms with Crippen LogP contribution in [0.25, 0.3) is 0 Å². The van der Waals surface area contributed by atoms with Crippen molar-refractivity contribution in [3.05, 3.63) is 35.9 Å². The zero-order chi connectivity index (χ0) is 23.9. The lowest BCUT2D eigenvalue weighted by molar-refractivity contribution is -0.159. The lowest BCUT2D eigenvalue weighted by Crippen LogP contribution is -2.53. The van der Waals surface area contributed by atoms with Crippen LogP contribution < -0.4 is 11.1 Å². The molecule has 1 unspecified atom stereocenters. The summed E-state index contributed by atoms with van der Waals surface area (Å²) in [6, 6.07) is 7.84. The molecule has 1 fully saturated rings. The van der Waals surface area contributed by atoms with Gasteiger partial charge in [-0.3, -0.25) is 14.4 Å². The fourth-order valence-electron chi connectivity index (χ4n) is 3.55. The van der Waals surface area contributed by atoms with Crippen molar-refractivity contribution in [2.75, 3.05) is 12.3 Å². The van der Waals surface area contributed by atoms with E-state index in [0.717, 1.165) is 17.3 Å². The van der Waals surface area contributed by atoms with Gasteiger partial charge in [0.25, 0.3) is 5.24 Å². The molecule has 1 saturated heterocycles. The van der Waals surface area contributed by atoms with Crippen molar-refractivity contribution in [2.45, 2.75) is 64.6 Å². The minimum Gasteiger partial charge on any atom is -0.458 e. The van der Waals surface area contributed by atoms with Crippen LogP contribution in [0.3, 0.4) is 0 Å². The van der Waals surface area contributed by atoms with Crippen LogP contribution in [0.4, 0.5) is 4.79 Å². The number of ether oxygens (including phenoxy) is 1. The molecule has 0 spiro atoms. The summed E-state index contributed by atoms with van der Waals surface area (Å²) >= 11 is 0.887. The molecule has 1 aliphatic heterocycles. The molecular weight excluding hydrogens is 430 g/mol. The molecule has 0 bridgehead atoms. The number of hydrogen-bond acceptors (Lipinski definition) is 6. The number of carbonyl (C=O) groups excluding carboxylic acids is 4. The number of hydrogen-bond donors (Lipinski definition) is 2. The Bertz CT molecular complexity index is 825. The number of esters is 1. The summed E-state index contributed by atoms with van der Waals surface area (Å²) < 4.78 is 5.52. The van der Waals surface area contributed by atoms with E-state index in [-0.39, 0.29) is 24.0 Å². The quantitative estimate of drug-likeness (QED) is 0.572. The second-order valence-electron chi connectivity index (χ2n) is 9.01. The molecule has 3 atom stereocenters. The fraction of sp³-hybridized carbons (Fsp3) is 0.565. The number of nitrogens with one attached hydrogen (secondary N) is 1. The van der Waals surface area contributed by atoms with Crippen molar-refractivity contribution in [2.24, 2.45) is 11.7 Å². The van der Waals surface area contributed by atoms with Gasteiger partial charge in [0.2, 0.25) is 11.8 Å². The first-order chi connectivity index (χ1) is 15.0. The second kappa shape index (κ2) is 11.4. The van der Waals surface area contributed by atoms with Crippen LogP contribution in [0.5, 0.6) is 0 Å². The molecule has 1 aromatic carbocycles. The van der Waals surface area contributed by atoms with Gasteiger partial charge in [0.05, 0.1) is 0 Å². The highest BCUT2D eigenvalue weighted by molar-refractivity contribution is 8.13. The summed E-state index contributed by atoms with van der Waals surface area (Å²) in [7, 11) is 0. The van der Waals surface area contributed by atoms with Crippen molar-refractivity contribution in [1.29, 1.82) is 0 Å². The lowest BCUT2D eigenvalue weighted by Gasteiger charge is -2.29. The topological polar surface area (TPSA) is 119 Å². The Hall–Kier alpha value is -2.55. The highest BCUT2D eigenvalue weighted by atomic mass is 32.2. The molecule has 1 aromatic rings. The molecule has 0 aromatic heterocycles. The summed E-state index contributed by atoms with van der Waals surface area (Å²) in [5.41, 5.74) is 5.35. The van der Waals surface area contributed by atoms with E-state index in [1.807, 2.05) is 30.3 Å². The van der Waals surface area contributed by atoms with Gasteiger partial charge in [-0.05, 0) is 39.2 Å². The normalized spacial score (nSPS) is 18.0. The molecule has 9 heteroatoms. The van der Waals surface area contributed by atoms with E-state index in [1.165, 1.54) is 4.90 Å². The predicted molar refractivity (Wildman–Crippen MR) is 124 cm³/mol. The van der Waals surface area contributed by atoms with Gasteiger partial charge < -0.3 is 20.7 Å². The van der Waals surface area contributed by atoms with E-state index >= 15 is 0 Å². The minimum atomic E-state index is -0.871. The molecule has 0 radical (unpaired) electrons. The molecular formula is C23H33N3O5S. The van der Waals surface area contributed by atoms with E-state index in [4.69, 9.17) is 10.5 Å². The summed E-state index contributed by atoms with van der Waals surface area (Å²) in [4.78, 5) is 51.4. The number of primary amides is 1. The molecule has 32 heavy (non-hydrogen) atoms. The highest BCUT2D eigenvalue weighted by Gasteiger charge is 2.38.